The third-order valence-corrected chi connectivity index (χ3v) is 5.83. The van der Waals surface area contributed by atoms with Crippen LogP contribution in [0.15, 0.2) is 0 Å². The first-order chi connectivity index (χ1) is 11.2. The molecule has 2 fully saturated rings. The fourth-order valence-corrected chi connectivity index (χ4v) is 3.84. The van der Waals surface area contributed by atoms with Gasteiger partial charge in [-0.1, -0.05) is 13.8 Å². The fourth-order valence-electron chi connectivity index (χ4n) is 3.84. The summed E-state index contributed by atoms with van der Waals surface area (Å²) in [7, 11) is 4.29. The summed E-state index contributed by atoms with van der Waals surface area (Å²) in [6.45, 7) is 14.8. The Bertz CT molecular complexity index is 408. The number of likely N-dealkylation sites (N-methyl/N-ethyl adjacent to an activating group) is 1. The highest BCUT2D eigenvalue weighted by molar-refractivity contribution is 5.83. The molecule has 0 saturated carbocycles. The first-order valence-electron chi connectivity index (χ1n) is 9.64. The van der Waals surface area contributed by atoms with Crippen molar-refractivity contribution in [2.75, 3.05) is 53.4 Å². The Morgan fingerprint density at radius 1 is 1.17 bits per heavy atom. The number of amides is 1. The van der Waals surface area contributed by atoms with E-state index in [0.29, 0.717) is 18.0 Å². The van der Waals surface area contributed by atoms with Crippen LogP contribution in [-0.2, 0) is 4.79 Å². The second-order valence-corrected chi connectivity index (χ2v) is 8.83. The summed E-state index contributed by atoms with van der Waals surface area (Å²) >= 11 is 0. The number of likely N-dealkylation sites (tertiary alicyclic amines) is 2. The van der Waals surface area contributed by atoms with E-state index >= 15 is 0 Å². The molecular formula is C19H38N4O. The molecule has 5 heteroatoms. The van der Waals surface area contributed by atoms with Gasteiger partial charge in [0, 0.05) is 38.3 Å². The predicted molar refractivity (Wildman–Crippen MR) is 100 cm³/mol. The van der Waals surface area contributed by atoms with Gasteiger partial charge in [0.15, 0.2) is 0 Å². The topological polar surface area (TPSA) is 38.8 Å². The lowest BCUT2D eigenvalue weighted by Crippen LogP contribution is -2.63. The average molecular weight is 339 g/mol. The highest BCUT2D eigenvalue weighted by Crippen LogP contribution is 2.35. The van der Waals surface area contributed by atoms with E-state index in [2.05, 4.69) is 61.8 Å². The van der Waals surface area contributed by atoms with E-state index < -0.39 is 0 Å². The summed E-state index contributed by atoms with van der Waals surface area (Å²) in [4.78, 5) is 20.3. The second-order valence-electron chi connectivity index (χ2n) is 8.83. The van der Waals surface area contributed by atoms with Gasteiger partial charge in [-0.25, -0.2) is 0 Å². The molecule has 2 heterocycles. The Labute approximate surface area is 148 Å². The zero-order chi connectivity index (χ0) is 17.9. The minimum Gasteiger partial charge on any atom is -0.355 e. The number of nitrogens with one attached hydrogen (secondary N) is 1. The Morgan fingerprint density at radius 2 is 1.75 bits per heavy atom. The molecule has 0 aromatic heterocycles. The van der Waals surface area contributed by atoms with Gasteiger partial charge in [-0.05, 0) is 59.8 Å². The molecule has 0 unspecified atom stereocenters. The number of carbonyl (C=O) groups is 1. The minimum absolute atomic E-state index is 0.197. The van der Waals surface area contributed by atoms with E-state index in [9.17, 15) is 4.79 Å². The lowest BCUT2D eigenvalue weighted by molar-refractivity contribution is -0.137. The number of nitrogens with zero attached hydrogens (tertiary/aromatic N) is 3. The molecule has 2 aliphatic heterocycles. The maximum Gasteiger partial charge on any atom is 0.227 e. The molecule has 1 N–H and O–H groups in total. The average Bonchev–Trinajstić information content (AvgIpc) is 2.47. The van der Waals surface area contributed by atoms with Gasteiger partial charge < -0.3 is 15.1 Å². The molecule has 5 nitrogen and oxygen atoms in total. The van der Waals surface area contributed by atoms with Crippen LogP contribution in [0.4, 0.5) is 0 Å². The van der Waals surface area contributed by atoms with Crippen molar-refractivity contribution in [1.82, 2.24) is 20.0 Å². The largest absolute Gasteiger partial charge is 0.355 e. The molecule has 0 aromatic rings. The molecule has 2 saturated heterocycles. The van der Waals surface area contributed by atoms with Crippen molar-refractivity contribution < 1.29 is 4.79 Å². The third kappa shape index (κ3) is 4.70. The van der Waals surface area contributed by atoms with Crippen molar-refractivity contribution in [3.63, 3.8) is 0 Å². The molecule has 2 rings (SSSR count). The van der Waals surface area contributed by atoms with Crippen LogP contribution in [0.2, 0.25) is 0 Å². The highest BCUT2D eigenvalue weighted by atomic mass is 16.2. The normalized spacial score (nSPS) is 23.0. The van der Waals surface area contributed by atoms with E-state index in [1.807, 2.05) is 0 Å². The van der Waals surface area contributed by atoms with Crippen LogP contribution in [0, 0.1) is 11.3 Å². The van der Waals surface area contributed by atoms with Crippen LogP contribution in [0.25, 0.3) is 0 Å². The zero-order valence-corrected chi connectivity index (χ0v) is 16.6. The molecular weight excluding hydrogens is 300 g/mol. The summed E-state index contributed by atoms with van der Waals surface area (Å²) < 4.78 is 0. The highest BCUT2D eigenvalue weighted by Gasteiger charge is 2.45. The van der Waals surface area contributed by atoms with Gasteiger partial charge in [-0.15, -0.1) is 0 Å². The first-order valence-corrected chi connectivity index (χ1v) is 9.64. The van der Waals surface area contributed by atoms with Gasteiger partial charge in [0.05, 0.1) is 5.41 Å². The minimum atomic E-state index is -0.197. The maximum atomic E-state index is 13.0. The monoisotopic (exact) mass is 338 g/mol. The smallest absolute Gasteiger partial charge is 0.227 e. The Morgan fingerprint density at radius 3 is 2.21 bits per heavy atom. The first kappa shape index (κ1) is 19.7. The van der Waals surface area contributed by atoms with Crippen molar-refractivity contribution in [2.45, 2.75) is 52.6 Å². The van der Waals surface area contributed by atoms with Gasteiger partial charge in [0.25, 0.3) is 0 Å². The molecule has 0 spiro atoms. The van der Waals surface area contributed by atoms with Gasteiger partial charge in [-0.2, -0.15) is 0 Å². The number of rotatable bonds is 7. The standard InChI is InChI=1S/C19H38N4O/c1-15(2)11-20-18(24)19(7-9-23(10-8-19)16(3)4)14-22-12-17(13-22)21(5)6/h15-17H,7-14H2,1-6H3,(H,20,24). The van der Waals surface area contributed by atoms with Gasteiger partial charge in [-0.3, -0.25) is 9.69 Å². The predicted octanol–water partition coefficient (Wildman–Crippen LogP) is 1.50. The maximum absolute atomic E-state index is 13.0. The van der Waals surface area contributed by atoms with Crippen molar-refractivity contribution in [3.05, 3.63) is 0 Å². The van der Waals surface area contributed by atoms with Gasteiger partial charge in [0.2, 0.25) is 5.91 Å². The second kappa shape index (κ2) is 8.15. The summed E-state index contributed by atoms with van der Waals surface area (Å²) in [6.07, 6.45) is 1.97. The summed E-state index contributed by atoms with van der Waals surface area (Å²) in [5.74, 6) is 0.789. The summed E-state index contributed by atoms with van der Waals surface area (Å²) in [6, 6.07) is 1.22. The number of hydrogen-bond acceptors (Lipinski definition) is 4. The molecule has 2 aliphatic rings. The van der Waals surface area contributed by atoms with Crippen molar-refractivity contribution in [2.24, 2.45) is 11.3 Å². The third-order valence-electron chi connectivity index (χ3n) is 5.83. The van der Waals surface area contributed by atoms with E-state index in [1.165, 1.54) is 0 Å². The molecule has 0 aliphatic carbocycles. The van der Waals surface area contributed by atoms with Crippen LogP contribution >= 0.6 is 0 Å². The molecule has 1 amide bonds. The summed E-state index contributed by atoms with van der Waals surface area (Å²) in [5.41, 5.74) is -0.197. The number of hydrogen-bond donors (Lipinski definition) is 1. The molecule has 24 heavy (non-hydrogen) atoms. The van der Waals surface area contributed by atoms with Crippen molar-refractivity contribution in [3.8, 4) is 0 Å². The van der Waals surface area contributed by atoms with Crippen LogP contribution in [0.1, 0.15) is 40.5 Å². The zero-order valence-electron chi connectivity index (χ0n) is 16.6. The Hall–Kier alpha value is -0.650. The van der Waals surface area contributed by atoms with Crippen LogP contribution in [-0.4, -0.2) is 86.1 Å². The Balaban J connectivity index is 1.98. The lowest BCUT2D eigenvalue weighted by Gasteiger charge is -2.49. The molecule has 0 bridgehead atoms. The van der Waals surface area contributed by atoms with Gasteiger partial charge in [0.1, 0.15) is 0 Å². The van der Waals surface area contributed by atoms with Crippen LogP contribution in [0.3, 0.4) is 0 Å². The summed E-state index contributed by atoms with van der Waals surface area (Å²) in [5, 5.41) is 3.23. The van der Waals surface area contributed by atoms with E-state index in [0.717, 1.165) is 52.1 Å². The molecule has 0 aromatic carbocycles. The quantitative estimate of drug-likeness (QED) is 0.763. The SMILES string of the molecule is CC(C)CNC(=O)C1(CN2CC(N(C)C)C2)CCN(C(C)C)CC1. The number of piperidine rings is 1. The molecule has 0 atom stereocenters. The number of carbonyl (C=O) groups excluding carboxylic acids is 1. The van der Waals surface area contributed by atoms with Crippen molar-refractivity contribution in [1.29, 1.82) is 0 Å². The molecule has 0 radical (unpaired) electrons. The van der Waals surface area contributed by atoms with E-state index in [-0.39, 0.29) is 11.3 Å². The van der Waals surface area contributed by atoms with Crippen LogP contribution in [0.5, 0.6) is 0 Å². The van der Waals surface area contributed by atoms with E-state index in [4.69, 9.17) is 0 Å². The van der Waals surface area contributed by atoms with Gasteiger partial charge >= 0.3 is 0 Å². The lowest BCUT2D eigenvalue weighted by atomic mass is 9.75. The molecule has 140 valence electrons. The Kier molecular flexibility index (Phi) is 6.68. The van der Waals surface area contributed by atoms with Crippen molar-refractivity contribution >= 4 is 5.91 Å². The fraction of sp³-hybridized carbons (Fsp3) is 0.947. The van der Waals surface area contributed by atoms with Crippen LogP contribution < -0.4 is 5.32 Å². The van der Waals surface area contributed by atoms with E-state index in [1.54, 1.807) is 0 Å².